The number of aldehydes is 1. The van der Waals surface area contributed by atoms with Crippen molar-refractivity contribution in [2.75, 3.05) is 0 Å². The topological polar surface area (TPSA) is 46.9 Å². The van der Waals surface area contributed by atoms with E-state index in [1.807, 2.05) is 0 Å². The number of para-hydroxylation sites is 1. The van der Waals surface area contributed by atoms with E-state index in [-0.39, 0.29) is 5.82 Å². The van der Waals surface area contributed by atoms with Gasteiger partial charge >= 0.3 is 0 Å². The van der Waals surface area contributed by atoms with E-state index in [9.17, 15) is 9.18 Å². The lowest BCUT2D eigenvalue weighted by Crippen LogP contribution is -2.09. The van der Waals surface area contributed by atoms with Gasteiger partial charge in [-0.25, -0.2) is 9.07 Å². The highest BCUT2D eigenvalue weighted by Crippen LogP contribution is 2.23. The van der Waals surface area contributed by atoms with Crippen LogP contribution in [0.4, 0.5) is 4.39 Å². The summed E-state index contributed by atoms with van der Waals surface area (Å²) < 4.78 is 15.2. The number of nitrogens with one attached hydrogen (secondary N) is 1. The standard InChI is InChI=1S/C12H10FN3O/c13-9-3-1-2-4-11(9)16-12-6-14-5-8(12)10(7-17)15-16/h1-4,7,14H,5-6H2. The van der Waals surface area contributed by atoms with Crippen molar-refractivity contribution in [3.63, 3.8) is 0 Å². The summed E-state index contributed by atoms with van der Waals surface area (Å²) in [6.07, 6.45) is 0.711. The summed E-state index contributed by atoms with van der Waals surface area (Å²) in [6, 6.07) is 6.40. The van der Waals surface area contributed by atoms with E-state index >= 15 is 0 Å². The SMILES string of the molecule is O=Cc1nn(-c2ccccc2F)c2c1CNC2. The van der Waals surface area contributed by atoms with Crippen LogP contribution in [0.3, 0.4) is 0 Å². The van der Waals surface area contributed by atoms with E-state index in [1.54, 1.807) is 18.2 Å². The molecule has 0 bridgehead atoms. The van der Waals surface area contributed by atoms with E-state index in [0.29, 0.717) is 30.8 Å². The first-order valence-electron chi connectivity index (χ1n) is 5.33. The Morgan fingerprint density at radius 2 is 2.18 bits per heavy atom. The first-order valence-corrected chi connectivity index (χ1v) is 5.33. The summed E-state index contributed by atoms with van der Waals surface area (Å²) in [5, 5.41) is 7.28. The molecule has 3 rings (SSSR count). The molecule has 17 heavy (non-hydrogen) atoms. The minimum absolute atomic E-state index is 0.345. The largest absolute Gasteiger partial charge is 0.307 e. The number of rotatable bonds is 2. The fraction of sp³-hybridized carbons (Fsp3) is 0.167. The maximum absolute atomic E-state index is 13.7. The molecule has 1 aromatic carbocycles. The van der Waals surface area contributed by atoms with Crippen LogP contribution in [-0.4, -0.2) is 16.1 Å². The van der Waals surface area contributed by atoms with Crippen LogP contribution >= 0.6 is 0 Å². The lowest BCUT2D eigenvalue weighted by Gasteiger charge is -2.05. The molecule has 0 radical (unpaired) electrons. The van der Waals surface area contributed by atoms with Gasteiger partial charge in [0.15, 0.2) is 6.29 Å². The molecule has 1 aliphatic heterocycles. The van der Waals surface area contributed by atoms with E-state index in [4.69, 9.17) is 0 Å². The molecular formula is C12H10FN3O. The number of fused-ring (bicyclic) bond motifs is 1. The molecule has 86 valence electrons. The smallest absolute Gasteiger partial charge is 0.170 e. The Morgan fingerprint density at radius 3 is 2.94 bits per heavy atom. The number of halogens is 1. The van der Waals surface area contributed by atoms with Gasteiger partial charge in [0.25, 0.3) is 0 Å². The Kier molecular flexibility index (Phi) is 2.26. The van der Waals surface area contributed by atoms with Crippen LogP contribution in [0, 0.1) is 5.82 Å². The molecule has 0 saturated carbocycles. The summed E-state index contributed by atoms with van der Waals surface area (Å²) >= 11 is 0. The molecule has 0 atom stereocenters. The molecule has 5 heteroatoms. The van der Waals surface area contributed by atoms with Crippen LogP contribution < -0.4 is 5.32 Å². The first kappa shape index (κ1) is 10.2. The number of hydrogen-bond acceptors (Lipinski definition) is 3. The van der Waals surface area contributed by atoms with Gasteiger partial charge in [0.05, 0.1) is 5.69 Å². The molecule has 0 spiro atoms. The van der Waals surface area contributed by atoms with Gasteiger partial charge in [0.1, 0.15) is 17.2 Å². The Morgan fingerprint density at radius 1 is 1.35 bits per heavy atom. The molecule has 2 heterocycles. The first-order chi connectivity index (χ1) is 8.31. The maximum atomic E-state index is 13.7. The van der Waals surface area contributed by atoms with Crippen molar-refractivity contribution in [3.8, 4) is 5.69 Å². The van der Waals surface area contributed by atoms with Crippen LogP contribution in [0.2, 0.25) is 0 Å². The Balaban J connectivity index is 2.22. The highest BCUT2D eigenvalue weighted by atomic mass is 19.1. The number of benzene rings is 1. The maximum Gasteiger partial charge on any atom is 0.170 e. The molecular weight excluding hydrogens is 221 g/mol. The van der Waals surface area contributed by atoms with Gasteiger partial charge in [-0.15, -0.1) is 0 Å². The molecule has 4 nitrogen and oxygen atoms in total. The van der Waals surface area contributed by atoms with Crippen molar-refractivity contribution in [1.82, 2.24) is 15.1 Å². The zero-order valence-corrected chi connectivity index (χ0v) is 8.98. The van der Waals surface area contributed by atoms with E-state index in [0.717, 1.165) is 11.3 Å². The Bertz CT molecular complexity index is 591. The zero-order valence-electron chi connectivity index (χ0n) is 8.98. The van der Waals surface area contributed by atoms with Gasteiger partial charge in [0, 0.05) is 18.7 Å². The zero-order chi connectivity index (χ0) is 11.8. The van der Waals surface area contributed by atoms with E-state index < -0.39 is 0 Å². The lowest BCUT2D eigenvalue weighted by atomic mass is 10.2. The van der Waals surface area contributed by atoms with Gasteiger partial charge < -0.3 is 5.32 Å². The summed E-state index contributed by atoms with van der Waals surface area (Å²) in [7, 11) is 0. The highest BCUT2D eigenvalue weighted by Gasteiger charge is 2.23. The average Bonchev–Trinajstić information content (AvgIpc) is 2.91. The number of aromatic nitrogens is 2. The Hall–Kier alpha value is -2.01. The van der Waals surface area contributed by atoms with Crippen molar-refractivity contribution in [2.24, 2.45) is 0 Å². The van der Waals surface area contributed by atoms with Crippen LogP contribution in [0.5, 0.6) is 0 Å². The molecule has 1 aromatic heterocycles. The Labute approximate surface area is 97.1 Å². The van der Waals surface area contributed by atoms with Crippen LogP contribution in [-0.2, 0) is 13.1 Å². The molecule has 0 amide bonds. The third kappa shape index (κ3) is 1.47. The average molecular weight is 231 g/mol. The number of nitrogens with zero attached hydrogens (tertiary/aromatic N) is 2. The predicted octanol–water partition coefficient (Wildman–Crippen LogP) is 1.43. The third-order valence-electron chi connectivity index (χ3n) is 2.91. The van der Waals surface area contributed by atoms with Crippen molar-refractivity contribution >= 4 is 6.29 Å². The van der Waals surface area contributed by atoms with Crippen LogP contribution in [0.25, 0.3) is 5.69 Å². The second kappa shape index (κ2) is 3.78. The molecule has 0 saturated heterocycles. The molecule has 0 aliphatic carbocycles. The number of carbonyl (C=O) groups is 1. The minimum atomic E-state index is -0.345. The van der Waals surface area contributed by atoms with Gasteiger partial charge in [-0.05, 0) is 12.1 Å². The lowest BCUT2D eigenvalue weighted by molar-refractivity contribution is 0.111. The second-order valence-corrected chi connectivity index (χ2v) is 3.90. The fourth-order valence-corrected chi connectivity index (χ4v) is 2.10. The van der Waals surface area contributed by atoms with E-state index in [2.05, 4.69) is 10.4 Å². The monoisotopic (exact) mass is 231 g/mol. The summed E-state index contributed by atoms with van der Waals surface area (Å²) in [5.41, 5.74) is 2.48. The normalized spacial score (nSPS) is 13.7. The number of hydrogen-bond donors (Lipinski definition) is 1. The predicted molar refractivity (Wildman–Crippen MR) is 59.5 cm³/mol. The third-order valence-corrected chi connectivity index (χ3v) is 2.91. The summed E-state index contributed by atoms with van der Waals surface area (Å²) in [6.45, 7) is 1.21. The van der Waals surface area contributed by atoms with Crippen LogP contribution in [0.1, 0.15) is 21.7 Å². The van der Waals surface area contributed by atoms with E-state index in [1.165, 1.54) is 10.7 Å². The molecule has 2 aromatic rings. The molecule has 0 fully saturated rings. The number of carbonyl (C=O) groups excluding carboxylic acids is 1. The fourth-order valence-electron chi connectivity index (χ4n) is 2.10. The molecule has 0 unspecified atom stereocenters. The van der Waals surface area contributed by atoms with Crippen molar-refractivity contribution < 1.29 is 9.18 Å². The molecule has 1 aliphatic rings. The quantitative estimate of drug-likeness (QED) is 0.795. The van der Waals surface area contributed by atoms with Crippen molar-refractivity contribution in [2.45, 2.75) is 13.1 Å². The van der Waals surface area contributed by atoms with Gasteiger partial charge in [-0.2, -0.15) is 5.10 Å². The molecule has 1 N–H and O–H groups in total. The van der Waals surface area contributed by atoms with Gasteiger partial charge in [0.2, 0.25) is 0 Å². The van der Waals surface area contributed by atoms with Crippen LogP contribution in [0.15, 0.2) is 24.3 Å². The highest BCUT2D eigenvalue weighted by molar-refractivity contribution is 5.75. The van der Waals surface area contributed by atoms with Gasteiger partial charge in [-0.3, -0.25) is 4.79 Å². The van der Waals surface area contributed by atoms with Crippen molar-refractivity contribution in [3.05, 3.63) is 47.0 Å². The summed E-state index contributed by atoms with van der Waals surface area (Å²) in [4.78, 5) is 10.9. The van der Waals surface area contributed by atoms with Gasteiger partial charge in [-0.1, -0.05) is 12.1 Å². The minimum Gasteiger partial charge on any atom is -0.307 e. The van der Waals surface area contributed by atoms with Crippen molar-refractivity contribution in [1.29, 1.82) is 0 Å². The summed E-state index contributed by atoms with van der Waals surface area (Å²) in [5.74, 6) is -0.345. The second-order valence-electron chi connectivity index (χ2n) is 3.90.